The van der Waals surface area contributed by atoms with Gasteiger partial charge in [0.05, 0.1) is 0 Å². The van der Waals surface area contributed by atoms with Gasteiger partial charge in [-0.3, -0.25) is 4.79 Å². The second-order valence-electron chi connectivity index (χ2n) is 8.89. The first kappa shape index (κ1) is 19.8. The fourth-order valence-corrected chi connectivity index (χ4v) is 8.73. The van der Waals surface area contributed by atoms with E-state index in [0.29, 0.717) is 0 Å². The topological polar surface area (TPSA) is 58.6 Å². The Labute approximate surface area is 162 Å². The quantitative estimate of drug-likeness (QED) is 0.797. The molecule has 2 aromatic rings. The summed E-state index contributed by atoms with van der Waals surface area (Å²) in [6.07, 6.45) is -1.65. The monoisotopic (exact) mass is 383 g/mol. The maximum Gasteiger partial charge on any atom is 0.262 e. The Balaban J connectivity index is 2.23. The molecule has 3 rings (SSSR count). The van der Waals surface area contributed by atoms with Crippen molar-refractivity contribution in [3.8, 4) is 0 Å². The maximum atomic E-state index is 12.7. The molecule has 1 fully saturated rings. The molecule has 27 heavy (non-hydrogen) atoms. The molecule has 0 aliphatic carbocycles. The van der Waals surface area contributed by atoms with Gasteiger partial charge in [-0.1, -0.05) is 95.3 Å². The number of nitrogens with one attached hydrogen (secondary N) is 1. The molecule has 2 aromatic carbocycles. The molecular formula is C22H29NO3Si. The number of amides is 1. The molecule has 144 valence electrons. The Morgan fingerprint density at radius 3 is 1.74 bits per heavy atom. The Morgan fingerprint density at radius 1 is 0.963 bits per heavy atom. The van der Waals surface area contributed by atoms with E-state index in [-0.39, 0.29) is 10.9 Å². The highest BCUT2D eigenvalue weighted by molar-refractivity contribution is 6.99. The minimum absolute atomic E-state index is 0.223. The number of hydrogen-bond donors (Lipinski definition) is 2. The molecule has 1 amide bonds. The highest BCUT2D eigenvalue weighted by Crippen LogP contribution is 2.41. The molecule has 1 saturated heterocycles. The summed E-state index contributed by atoms with van der Waals surface area (Å²) >= 11 is 0. The lowest BCUT2D eigenvalue weighted by molar-refractivity contribution is -0.127. The van der Waals surface area contributed by atoms with Crippen molar-refractivity contribution >= 4 is 24.6 Å². The van der Waals surface area contributed by atoms with Crippen LogP contribution in [-0.4, -0.2) is 31.7 Å². The van der Waals surface area contributed by atoms with Gasteiger partial charge < -0.3 is 14.8 Å². The van der Waals surface area contributed by atoms with Crippen molar-refractivity contribution in [1.29, 1.82) is 0 Å². The standard InChI is InChI=1S/C22H29NO3Si/c1-21(2,3)27(16-12-8-6-9-13-16,17-14-10-7-11-15-17)26-18-19(24)23-20(25)22(18,4)5/h6-15,18,20,25H,1-5H3,(H,23,24)/t18-,20?/m0/s1. The van der Waals surface area contributed by atoms with E-state index in [9.17, 15) is 9.90 Å². The molecule has 2 atom stereocenters. The smallest absolute Gasteiger partial charge is 0.262 e. The average Bonchev–Trinajstić information content (AvgIpc) is 2.81. The van der Waals surface area contributed by atoms with E-state index in [2.05, 4.69) is 50.4 Å². The second-order valence-corrected chi connectivity index (χ2v) is 13.1. The minimum Gasteiger partial charge on any atom is -0.395 e. The van der Waals surface area contributed by atoms with Crippen LogP contribution in [0, 0.1) is 5.41 Å². The summed E-state index contributed by atoms with van der Waals surface area (Å²) in [6, 6.07) is 20.4. The first-order valence-electron chi connectivity index (χ1n) is 9.38. The van der Waals surface area contributed by atoms with Gasteiger partial charge in [0.2, 0.25) is 0 Å². The van der Waals surface area contributed by atoms with Crippen LogP contribution in [0.3, 0.4) is 0 Å². The summed E-state index contributed by atoms with van der Waals surface area (Å²) in [6.45, 7) is 10.3. The highest BCUT2D eigenvalue weighted by atomic mass is 28.4. The van der Waals surface area contributed by atoms with Crippen molar-refractivity contribution in [2.75, 3.05) is 0 Å². The van der Waals surface area contributed by atoms with Crippen molar-refractivity contribution in [1.82, 2.24) is 5.32 Å². The Kier molecular flexibility index (Phi) is 5.05. The van der Waals surface area contributed by atoms with Gasteiger partial charge >= 0.3 is 0 Å². The summed E-state index contributed by atoms with van der Waals surface area (Å²) in [7, 11) is -2.85. The molecule has 2 N–H and O–H groups in total. The lowest BCUT2D eigenvalue weighted by Gasteiger charge is -2.46. The van der Waals surface area contributed by atoms with Crippen molar-refractivity contribution in [3.63, 3.8) is 0 Å². The first-order valence-corrected chi connectivity index (χ1v) is 11.3. The Bertz CT molecular complexity index is 760. The average molecular weight is 384 g/mol. The Morgan fingerprint density at radius 2 is 1.41 bits per heavy atom. The molecule has 0 spiro atoms. The molecule has 0 saturated carbocycles. The predicted octanol–water partition coefficient (Wildman–Crippen LogP) is 2.41. The van der Waals surface area contributed by atoms with Crippen molar-refractivity contribution in [2.24, 2.45) is 5.41 Å². The van der Waals surface area contributed by atoms with Crippen LogP contribution >= 0.6 is 0 Å². The van der Waals surface area contributed by atoms with Crippen LogP contribution < -0.4 is 15.7 Å². The van der Waals surface area contributed by atoms with Gasteiger partial charge in [-0.15, -0.1) is 0 Å². The summed E-state index contributed by atoms with van der Waals surface area (Å²) in [5.41, 5.74) is -0.718. The summed E-state index contributed by atoms with van der Waals surface area (Å²) in [5, 5.41) is 15.0. The van der Waals surface area contributed by atoms with Crippen LogP contribution in [0.15, 0.2) is 60.7 Å². The molecule has 0 bridgehead atoms. The van der Waals surface area contributed by atoms with Crippen LogP contribution in [0.4, 0.5) is 0 Å². The van der Waals surface area contributed by atoms with Crippen LogP contribution in [0.2, 0.25) is 5.04 Å². The molecular weight excluding hydrogens is 354 g/mol. The first-order chi connectivity index (χ1) is 12.6. The van der Waals surface area contributed by atoms with Crippen molar-refractivity contribution in [2.45, 2.75) is 52.0 Å². The van der Waals surface area contributed by atoms with E-state index in [1.807, 2.05) is 50.2 Å². The maximum absolute atomic E-state index is 12.7. The van der Waals surface area contributed by atoms with Crippen LogP contribution in [0.1, 0.15) is 34.6 Å². The lowest BCUT2D eigenvalue weighted by atomic mass is 9.88. The largest absolute Gasteiger partial charge is 0.395 e. The minimum atomic E-state index is -2.85. The summed E-state index contributed by atoms with van der Waals surface area (Å²) in [5.74, 6) is -0.250. The number of hydrogen-bond acceptors (Lipinski definition) is 3. The van der Waals surface area contributed by atoms with Crippen LogP contribution in [-0.2, 0) is 9.22 Å². The van der Waals surface area contributed by atoms with Crippen molar-refractivity contribution < 1.29 is 14.3 Å². The van der Waals surface area contributed by atoms with E-state index in [1.54, 1.807) is 0 Å². The van der Waals surface area contributed by atoms with E-state index in [1.165, 1.54) is 0 Å². The van der Waals surface area contributed by atoms with Crippen molar-refractivity contribution in [3.05, 3.63) is 60.7 Å². The summed E-state index contributed by atoms with van der Waals surface area (Å²) in [4.78, 5) is 12.7. The third-order valence-corrected chi connectivity index (χ3v) is 10.6. The van der Waals surface area contributed by atoms with E-state index < -0.39 is 26.1 Å². The second kappa shape index (κ2) is 6.89. The molecule has 4 nitrogen and oxygen atoms in total. The van der Waals surface area contributed by atoms with E-state index in [0.717, 1.165) is 10.4 Å². The van der Waals surface area contributed by atoms with Crippen LogP contribution in [0.25, 0.3) is 0 Å². The third-order valence-electron chi connectivity index (χ3n) is 5.61. The highest BCUT2D eigenvalue weighted by Gasteiger charge is 2.57. The number of carbonyl (C=O) groups excluding carboxylic acids is 1. The SMILES string of the molecule is CC1(C)C(O)NC(=O)[C@@H]1O[Si](c1ccccc1)(c1ccccc1)C(C)(C)C. The number of carbonyl (C=O) groups is 1. The fraction of sp³-hybridized carbons (Fsp3) is 0.409. The molecule has 0 radical (unpaired) electrons. The van der Waals surface area contributed by atoms with Gasteiger partial charge in [-0.25, -0.2) is 0 Å². The predicted molar refractivity (Wildman–Crippen MR) is 110 cm³/mol. The van der Waals surface area contributed by atoms with Gasteiger partial charge in [-0.2, -0.15) is 0 Å². The zero-order valence-corrected chi connectivity index (χ0v) is 17.7. The lowest BCUT2D eigenvalue weighted by Crippen LogP contribution is -2.69. The molecule has 0 aromatic heterocycles. The Hall–Kier alpha value is -1.95. The normalized spacial score (nSPS) is 22.5. The number of aliphatic hydroxyl groups excluding tert-OH is 1. The molecule has 1 aliphatic heterocycles. The van der Waals surface area contributed by atoms with Gasteiger partial charge in [-0.05, 0) is 15.4 Å². The number of benzene rings is 2. The van der Waals surface area contributed by atoms with Gasteiger partial charge in [0.25, 0.3) is 14.2 Å². The fourth-order valence-electron chi connectivity index (χ4n) is 3.95. The molecule has 1 heterocycles. The van der Waals surface area contributed by atoms with Gasteiger partial charge in [0.15, 0.2) is 0 Å². The number of rotatable bonds is 4. The molecule has 1 aliphatic rings. The number of aliphatic hydroxyl groups is 1. The molecule has 5 heteroatoms. The van der Waals surface area contributed by atoms with Crippen LogP contribution in [0.5, 0.6) is 0 Å². The van der Waals surface area contributed by atoms with Gasteiger partial charge in [0.1, 0.15) is 12.3 Å². The van der Waals surface area contributed by atoms with Gasteiger partial charge in [0, 0.05) is 5.41 Å². The van der Waals surface area contributed by atoms with E-state index in [4.69, 9.17) is 4.43 Å². The molecule has 1 unspecified atom stereocenters. The zero-order valence-electron chi connectivity index (χ0n) is 16.7. The summed E-state index contributed by atoms with van der Waals surface area (Å²) < 4.78 is 6.90. The van der Waals surface area contributed by atoms with E-state index >= 15 is 0 Å². The third kappa shape index (κ3) is 3.24. The zero-order chi connectivity index (χ0) is 19.9.